The molecule has 0 aromatic carbocycles. The summed E-state index contributed by atoms with van der Waals surface area (Å²) >= 11 is 0. The highest BCUT2D eigenvalue weighted by Crippen LogP contribution is 1.72. The lowest BCUT2D eigenvalue weighted by molar-refractivity contribution is -1.06. The third-order valence-electron chi connectivity index (χ3n) is 0. The van der Waals surface area contributed by atoms with E-state index in [2.05, 4.69) is 0 Å². The second-order valence-corrected chi connectivity index (χ2v) is 1.94. The van der Waals surface area contributed by atoms with Gasteiger partial charge < -0.3 is 0 Å². The van der Waals surface area contributed by atoms with Crippen LogP contribution in [0.3, 0.4) is 0 Å². The topological polar surface area (TPSA) is 20.2 Å². The number of hydrogen-bond acceptors (Lipinski definition) is 1. The van der Waals surface area contributed by atoms with Gasteiger partial charge in [0.1, 0.15) is 0 Å². The van der Waals surface area contributed by atoms with Gasteiger partial charge in [-0.1, -0.05) is 0 Å². The minimum atomic E-state index is 0. The minimum Gasteiger partial charge on any atom is -0.218 e. The standard InChI is InChI=1S/C3H10NO/c1-4(2,3)5/h5H,1-3H3/q+1. The average molecular weight is 76.1 g/mol. The van der Waals surface area contributed by atoms with E-state index in [0.29, 0.717) is 0 Å². The van der Waals surface area contributed by atoms with Crippen LogP contribution in [-0.4, -0.2) is 31.0 Å². The van der Waals surface area contributed by atoms with E-state index in [4.69, 9.17) is 5.21 Å². The van der Waals surface area contributed by atoms with E-state index in [-0.39, 0.29) is 4.65 Å². The van der Waals surface area contributed by atoms with Crippen LogP contribution in [0.5, 0.6) is 0 Å². The number of hydrogen-bond donors (Lipinski definition) is 1. The molecule has 32 valence electrons. The Hall–Kier alpha value is -0.0800. The predicted octanol–water partition coefficient (Wildman–Crippen LogP) is 0.0818. The summed E-state index contributed by atoms with van der Waals surface area (Å²) in [7, 11) is 5.04. The van der Waals surface area contributed by atoms with E-state index >= 15 is 0 Å². The Labute approximate surface area is 32.2 Å². The van der Waals surface area contributed by atoms with E-state index in [0.717, 1.165) is 0 Å². The zero-order valence-corrected chi connectivity index (χ0v) is 3.89. The largest absolute Gasteiger partial charge is 0.218 e. The first-order valence-corrected chi connectivity index (χ1v) is 1.54. The van der Waals surface area contributed by atoms with Crippen LogP contribution in [0.1, 0.15) is 0 Å². The third-order valence-corrected chi connectivity index (χ3v) is 0. The first-order valence-electron chi connectivity index (χ1n) is 1.54. The van der Waals surface area contributed by atoms with Crippen molar-refractivity contribution in [1.29, 1.82) is 0 Å². The van der Waals surface area contributed by atoms with Crippen LogP contribution in [0.15, 0.2) is 0 Å². The molecule has 0 aliphatic rings. The Morgan fingerprint density at radius 2 is 1.20 bits per heavy atom. The highest BCUT2D eigenvalue weighted by atomic mass is 16.5. The second-order valence-electron chi connectivity index (χ2n) is 1.94. The van der Waals surface area contributed by atoms with Gasteiger partial charge in [0.25, 0.3) is 0 Å². The summed E-state index contributed by atoms with van der Waals surface area (Å²) < 4.78 is 0. The highest BCUT2D eigenvalue weighted by molar-refractivity contribution is 3.72. The van der Waals surface area contributed by atoms with Gasteiger partial charge >= 0.3 is 0 Å². The van der Waals surface area contributed by atoms with Crippen LogP contribution in [0.4, 0.5) is 0 Å². The van der Waals surface area contributed by atoms with Gasteiger partial charge in [-0.2, -0.15) is 4.65 Å². The Balaban J connectivity index is 3.02. The molecule has 0 aromatic heterocycles. The Morgan fingerprint density at radius 3 is 1.20 bits per heavy atom. The quantitative estimate of drug-likeness (QED) is 0.320. The number of rotatable bonds is 0. The normalized spacial score (nSPS) is 12.0. The molecule has 0 bridgehead atoms. The molecule has 0 aliphatic heterocycles. The van der Waals surface area contributed by atoms with Crippen molar-refractivity contribution < 1.29 is 9.85 Å². The molecule has 0 aromatic rings. The summed E-state index contributed by atoms with van der Waals surface area (Å²) in [5.41, 5.74) is 0. The van der Waals surface area contributed by atoms with E-state index in [1.807, 2.05) is 0 Å². The van der Waals surface area contributed by atoms with E-state index < -0.39 is 0 Å². The molecule has 0 aliphatic carbocycles. The zero-order chi connectivity index (χ0) is 4.50. The maximum Gasteiger partial charge on any atom is 0.0979 e. The smallest absolute Gasteiger partial charge is 0.0979 e. The van der Waals surface area contributed by atoms with Crippen LogP contribution in [0, 0.1) is 0 Å². The first-order chi connectivity index (χ1) is 2.00. The van der Waals surface area contributed by atoms with Crippen molar-refractivity contribution in [2.24, 2.45) is 0 Å². The van der Waals surface area contributed by atoms with Crippen molar-refractivity contribution in [2.45, 2.75) is 0 Å². The lowest BCUT2D eigenvalue weighted by Crippen LogP contribution is -2.28. The van der Waals surface area contributed by atoms with Crippen LogP contribution in [0.2, 0.25) is 0 Å². The second kappa shape index (κ2) is 0.954. The molecule has 0 saturated heterocycles. The van der Waals surface area contributed by atoms with Crippen molar-refractivity contribution in [1.82, 2.24) is 0 Å². The minimum absolute atomic E-state index is 0. The molecule has 0 amide bonds. The lowest BCUT2D eigenvalue weighted by Gasteiger charge is -2.09. The molecule has 0 rings (SSSR count). The molecule has 5 heavy (non-hydrogen) atoms. The number of quaternary nitrogens is 1. The van der Waals surface area contributed by atoms with E-state index in [1.165, 1.54) is 0 Å². The maximum atomic E-state index is 8.46. The number of hydroxylamine groups is 3. The Morgan fingerprint density at radius 1 is 1.20 bits per heavy atom. The summed E-state index contributed by atoms with van der Waals surface area (Å²) in [6.07, 6.45) is 0. The van der Waals surface area contributed by atoms with Gasteiger partial charge in [0.15, 0.2) is 0 Å². The zero-order valence-electron chi connectivity index (χ0n) is 3.89. The SMILES string of the molecule is C[N+](C)(C)O. The summed E-state index contributed by atoms with van der Waals surface area (Å²) in [6.45, 7) is 0. The van der Waals surface area contributed by atoms with E-state index in [1.54, 1.807) is 21.1 Å². The van der Waals surface area contributed by atoms with Crippen molar-refractivity contribution in [3.8, 4) is 0 Å². The van der Waals surface area contributed by atoms with Gasteiger partial charge in [0.2, 0.25) is 0 Å². The van der Waals surface area contributed by atoms with Crippen LogP contribution >= 0.6 is 0 Å². The molecule has 1 N–H and O–H groups in total. The molecular formula is C3H10NO+. The maximum absolute atomic E-state index is 8.46. The van der Waals surface area contributed by atoms with Gasteiger partial charge in [0.05, 0.1) is 21.1 Å². The summed E-state index contributed by atoms with van der Waals surface area (Å²) in [5.74, 6) is 0. The van der Waals surface area contributed by atoms with Gasteiger partial charge in [-0.05, 0) is 0 Å². The predicted molar refractivity (Wildman–Crippen MR) is 19.8 cm³/mol. The summed E-state index contributed by atoms with van der Waals surface area (Å²) in [5, 5.41) is 8.46. The van der Waals surface area contributed by atoms with Crippen molar-refractivity contribution in [3.63, 3.8) is 0 Å². The van der Waals surface area contributed by atoms with Gasteiger partial charge in [-0.15, -0.1) is 0 Å². The fourth-order valence-corrected chi connectivity index (χ4v) is 0. The molecule has 0 spiro atoms. The average Bonchev–Trinajstić information content (AvgIpc) is 0.722. The fourth-order valence-electron chi connectivity index (χ4n) is 0. The molecule has 0 atom stereocenters. The molecule has 0 saturated carbocycles. The van der Waals surface area contributed by atoms with Gasteiger partial charge in [-0.25, -0.2) is 5.21 Å². The first kappa shape index (κ1) is 4.92. The fraction of sp³-hybridized carbons (Fsp3) is 1.00. The molecule has 0 fully saturated rings. The summed E-state index contributed by atoms with van der Waals surface area (Å²) in [6, 6.07) is 0. The van der Waals surface area contributed by atoms with Gasteiger partial charge in [-0.3, -0.25) is 0 Å². The van der Waals surface area contributed by atoms with Crippen LogP contribution < -0.4 is 0 Å². The molecule has 2 nitrogen and oxygen atoms in total. The van der Waals surface area contributed by atoms with Crippen molar-refractivity contribution >= 4 is 0 Å². The van der Waals surface area contributed by atoms with Crippen molar-refractivity contribution in [3.05, 3.63) is 0 Å². The summed E-state index contributed by atoms with van der Waals surface area (Å²) in [4.78, 5) is 0. The Kier molecular flexibility index (Phi) is 0.938. The van der Waals surface area contributed by atoms with Crippen LogP contribution in [0.25, 0.3) is 0 Å². The van der Waals surface area contributed by atoms with E-state index in [9.17, 15) is 0 Å². The lowest BCUT2D eigenvalue weighted by atomic mass is 11.0. The molecule has 0 unspecified atom stereocenters. The molecule has 2 heteroatoms. The molecular weight excluding hydrogens is 66.0 g/mol. The number of nitrogens with zero attached hydrogens (tertiary/aromatic N) is 1. The van der Waals surface area contributed by atoms with Gasteiger partial charge in [0, 0.05) is 0 Å². The molecule has 0 heterocycles. The van der Waals surface area contributed by atoms with Crippen molar-refractivity contribution in [2.75, 3.05) is 21.1 Å². The molecule has 0 radical (unpaired) electrons. The Bertz CT molecular complexity index is 22.4. The van der Waals surface area contributed by atoms with Crippen LogP contribution in [-0.2, 0) is 0 Å². The monoisotopic (exact) mass is 76.1 g/mol. The third kappa shape index (κ3) is 2260. The highest BCUT2D eigenvalue weighted by Gasteiger charge is 1.92.